The van der Waals surface area contributed by atoms with Crippen LogP contribution in [0, 0.1) is 0 Å². The molecule has 3 atom stereocenters. The van der Waals surface area contributed by atoms with Gasteiger partial charge in [0, 0.05) is 23.2 Å². The monoisotopic (exact) mass is 244 g/mol. The predicted octanol–water partition coefficient (Wildman–Crippen LogP) is 3.80. The van der Waals surface area contributed by atoms with Crippen molar-refractivity contribution in [1.82, 2.24) is 4.90 Å². The normalized spacial score (nSPS) is 31.0. The lowest BCUT2D eigenvalue weighted by Gasteiger charge is -2.41. The van der Waals surface area contributed by atoms with E-state index in [0.717, 1.165) is 0 Å². The molecule has 1 N–H and O–H groups in total. The molecule has 0 aliphatic carbocycles. The maximum atomic E-state index is 3.74. The lowest BCUT2D eigenvalue weighted by atomic mass is 9.96. The molecule has 2 heterocycles. The average molecular weight is 244 g/mol. The molecule has 3 unspecified atom stereocenters. The highest BCUT2D eigenvalue weighted by atomic mass is 15.4. The Hall–Kier alpha value is -1.02. The summed E-state index contributed by atoms with van der Waals surface area (Å²) >= 11 is 0. The molecule has 18 heavy (non-hydrogen) atoms. The number of nitrogens with one attached hydrogen (secondary N) is 1. The molecule has 2 aliphatic rings. The first kappa shape index (κ1) is 12.0. The van der Waals surface area contributed by atoms with Gasteiger partial charge in [-0.3, -0.25) is 4.90 Å². The van der Waals surface area contributed by atoms with Gasteiger partial charge in [-0.25, -0.2) is 0 Å². The summed E-state index contributed by atoms with van der Waals surface area (Å²) in [6, 6.07) is 9.53. The minimum atomic E-state index is 0.231. The maximum Gasteiger partial charge on any atom is 0.0871 e. The smallest absolute Gasteiger partial charge is 0.0871 e. The van der Waals surface area contributed by atoms with Crippen LogP contribution in [0.4, 0.5) is 5.69 Å². The number of rotatable bonds is 1. The molecule has 0 bridgehead atoms. The summed E-state index contributed by atoms with van der Waals surface area (Å²) in [5.74, 6) is 0.672. The van der Waals surface area contributed by atoms with Gasteiger partial charge in [0.15, 0.2) is 0 Å². The van der Waals surface area contributed by atoms with Crippen LogP contribution in [0.5, 0.6) is 0 Å². The lowest BCUT2D eigenvalue weighted by molar-refractivity contribution is 0.0844. The molecular formula is C16H24N2. The third-order valence-electron chi connectivity index (χ3n) is 4.51. The lowest BCUT2D eigenvalue weighted by Crippen LogP contribution is -2.51. The molecule has 0 saturated carbocycles. The topological polar surface area (TPSA) is 15.3 Å². The van der Waals surface area contributed by atoms with E-state index >= 15 is 0 Å². The van der Waals surface area contributed by atoms with Crippen LogP contribution in [0.25, 0.3) is 0 Å². The van der Waals surface area contributed by atoms with E-state index in [1.54, 1.807) is 0 Å². The average Bonchev–Trinajstić information content (AvgIpc) is 2.82. The fourth-order valence-corrected chi connectivity index (χ4v) is 3.86. The minimum absolute atomic E-state index is 0.231. The zero-order chi connectivity index (χ0) is 12.9. The van der Waals surface area contributed by atoms with Crippen molar-refractivity contribution in [2.75, 3.05) is 5.32 Å². The summed E-state index contributed by atoms with van der Waals surface area (Å²) in [6.45, 7) is 9.32. The first-order chi connectivity index (χ1) is 8.52. The molecular weight excluding hydrogens is 220 g/mol. The van der Waals surface area contributed by atoms with Gasteiger partial charge in [0.25, 0.3) is 0 Å². The Morgan fingerprint density at radius 1 is 1.28 bits per heavy atom. The fraction of sp³-hybridized carbons (Fsp3) is 0.625. The highest BCUT2D eigenvalue weighted by Gasteiger charge is 2.49. The maximum absolute atomic E-state index is 3.74. The Bertz CT molecular complexity index is 447. The van der Waals surface area contributed by atoms with E-state index in [2.05, 4.69) is 62.2 Å². The second kappa shape index (κ2) is 3.99. The molecule has 3 rings (SSSR count). The number of fused-ring (bicyclic) bond motifs is 3. The molecule has 1 saturated heterocycles. The Labute approximate surface area is 110 Å². The number of nitrogens with zero attached hydrogens (tertiary/aromatic N) is 1. The fourth-order valence-electron chi connectivity index (χ4n) is 3.86. The van der Waals surface area contributed by atoms with Gasteiger partial charge in [-0.1, -0.05) is 25.1 Å². The van der Waals surface area contributed by atoms with Crippen molar-refractivity contribution in [2.45, 2.75) is 64.2 Å². The van der Waals surface area contributed by atoms with Crippen LogP contribution in [0.1, 0.15) is 52.0 Å². The van der Waals surface area contributed by atoms with Gasteiger partial charge >= 0.3 is 0 Å². The summed E-state index contributed by atoms with van der Waals surface area (Å²) in [7, 11) is 0. The van der Waals surface area contributed by atoms with E-state index in [-0.39, 0.29) is 5.54 Å². The van der Waals surface area contributed by atoms with Crippen molar-refractivity contribution in [3.05, 3.63) is 29.8 Å². The third kappa shape index (κ3) is 1.66. The van der Waals surface area contributed by atoms with Crippen molar-refractivity contribution >= 4 is 5.69 Å². The van der Waals surface area contributed by atoms with Crippen LogP contribution in [-0.2, 0) is 0 Å². The van der Waals surface area contributed by atoms with Gasteiger partial charge in [0.1, 0.15) is 0 Å². The van der Waals surface area contributed by atoms with Crippen LogP contribution < -0.4 is 5.32 Å². The molecule has 2 aliphatic heterocycles. The molecule has 0 aromatic heterocycles. The molecule has 2 nitrogen and oxygen atoms in total. The molecule has 0 spiro atoms. The van der Waals surface area contributed by atoms with E-state index < -0.39 is 0 Å². The molecule has 2 heteroatoms. The van der Waals surface area contributed by atoms with Crippen molar-refractivity contribution in [2.24, 2.45) is 0 Å². The second-order valence-electron chi connectivity index (χ2n) is 6.66. The van der Waals surface area contributed by atoms with Crippen LogP contribution in [0.2, 0.25) is 0 Å². The highest BCUT2D eigenvalue weighted by Crippen LogP contribution is 2.48. The minimum Gasteiger partial charge on any atom is -0.369 e. The van der Waals surface area contributed by atoms with E-state index in [1.165, 1.54) is 24.1 Å². The summed E-state index contributed by atoms with van der Waals surface area (Å²) in [4.78, 5) is 2.69. The highest BCUT2D eigenvalue weighted by molar-refractivity contribution is 5.60. The summed E-state index contributed by atoms with van der Waals surface area (Å²) in [5.41, 5.74) is 3.10. The largest absolute Gasteiger partial charge is 0.369 e. The Morgan fingerprint density at radius 2 is 2.00 bits per heavy atom. The van der Waals surface area contributed by atoms with Gasteiger partial charge in [0.2, 0.25) is 0 Å². The van der Waals surface area contributed by atoms with Crippen molar-refractivity contribution in [3.63, 3.8) is 0 Å². The van der Waals surface area contributed by atoms with Crippen LogP contribution >= 0.6 is 0 Å². The first-order valence-electron chi connectivity index (χ1n) is 7.16. The number of anilines is 1. The second-order valence-corrected chi connectivity index (χ2v) is 6.66. The van der Waals surface area contributed by atoms with Gasteiger partial charge in [-0.2, -0.15) is 0 Å². The van der Waals surface area contributed by atoms with Gasteiger partial charge in [-0.05, 0) is 45.2 Å². The Balaban J connectivity index is 1.97. The molecule has 98 valence electrons. The molecule has 1 fully saturated rings. The molecule has 0 radical (unpaired) electrons. The molecule has 1 aromatic carbocycles. The third-order valence-corrected chi connectivity index (χ3v) is 4.51. The van der Waals surface area contributed by atoms with Crippen molar-refractivity contribution < 1.29 is 0 Å². The predicted molar refractivity (Wildman–Crippen MR) is 76.9 cm³/mol. The van der Waals surface area contributed by atoms with E-state index in [0.29, 0.717) is 18.1 Å². The number of para-hydroxylation sites is 1. The van der Waals surface area contributed by atoms with E-state index in [1.807, 2.05) is 0 Å². The quantitative estimate of drug-likeness (QED) is 0.808. The number of hydrogen-bond acceptors (Lipinski definition) is 2. The molecule has 1 aromatic rings. The van der Waals surface area contributed by atoms with Crippen molar-refractivity contribution in [3.8, 4) is 0 Å². The van der Waals surface area contributed by atoms with Gasteiger partial charge in [-0.15, -0.1) is 0 Å². The SMILES string of the molecule is CCC1CC2c3ccccc3NC2N1C(C)(C)C. The van der Waals surface area contributed by atoms with E-state index in [9.17, 15) is 0 Å². The number of benzene rings is 1. The summed E-state index contributed by atoms with van der Waals surface area (Å²) in [6.07, 6.45) is 3.03. The Morgan fingerprint density at radius 3 is 2.67 bits per heavy atom. The number of likely N-dealkylation sites (tertiary alicyclic amines) is 1. The number of hydrogen-bond donors (Lipinski definition) is 1. The van der Waals surface area contributed by atoms with Crippen LogP contribution in [-0.4, -0.2) is 22.6 Å². The summed E-state index contributed by atoms with van der Waals surface area (Å²) < 4.78 is 0. The van der Waals surface area contributed by atoms with Gasteiger partial charge < -0.3 is 5.32 Å². The first-order valence-corrected chi connectivity index (χ1v) is 7.16. The molecule has 0 amide bonds. The zero-order valence-electron chi connectivity index (χ0n) is 11.9. The summed E-state index contributed by atoms with van der Waals surface area (Å²) in [5, 5.41) is 3.74. The van der Waals surface area contributed by atoms with Crippen LogP contribution in [0.15, 0.2) is 24.3 Å². The van der Waals surface area contributed by atoms with Crippen LogP contribution in [0.3, 0.4) is 0 Å². The van der Waals surface area contributed by atoms with Gasteiger partial charge in [0.05, 0.1) is 6.17 Å². The standard InChI is InChI=1S/C16H24N2/c1-5-11-10-13-12-8-6-7-9-14(12)17-15(13)18(11)16(2,3)4/h6-9,11,13,15,17H,5,10H2,1-4H3. The van der Waals surface area contributed by atoms with Crippen molar-refractivity contribution in [1.29, 1.82) is 0 Å². The zero-order valence-corrected chi connectivity index (χ0v) is 11.9. The van der Waals surface area contributed by atoms with E-state index in [4.69, 9.17) is 0 Å². The Kier molecular flexibility index (Phi) is 2.67.